The molecule has 2 fully saturated rings. The molecule has 1 amide bonds. The van der Waals surface area contributed by atoms with E-state index in [9.17, 15) is 9.59 Å². The molecule has 0 radical (unpaired) electrons. The highest BCUT2D eigenvalue weighted by atomic mass is 35.5. The molecule has 4 rings (SSSR count). The number of ether oxygens (including phenoxy) is 1. The number of carbonyl (C=O) groups is 2. The van der Waals surface area contributed by atoms with E-state index in [-0.39, 0.29) is 30.2 Å². The SMILES string of the molecule is CN(CCN1CCCC1)C(=O)[C@H]1CC[C@@]2(CC1)OC(=O)c1ccccc12.Cl. The van der Waals surface area contributed by atoms with E-state index < -0.39 is 5.60 Å². The third-order valence-corrected chi connectivity index (χ3v) is 6.39. The van der Waals surface area contributed by atoms with Crippen LogP contribution in [0.3, 0.4) is 0 Å². The maximum absolute atomic E-state index is 12.8. The molecule has 0 atom stereocenters. The Morgan fingerprint density at radius 1 is 1.22 bits per heavy atom. The van der Waals surface area contributed by atoms with Crippen LogP contribution in [-0.2, 0) is 15.1 Å². The van der Waals surface area contributed by atoms with E-state index >= 15 is 0 Å². The van der Waals surface area contributed by atoms with E-state index in [2.05, 4.69) is 4.90 Å². The van der Waals surface area contributed by atoms with E-state index in [1.807, 2.05) is 36.2 Å². The van der Waals surface area contributed by atoms with Crippen molar-refractivity contribution in [1.82, 2.24) is 9.80 Å². The number of hydrogen-bond acceptors (Lipinski definition) is 4. The molecular formula is C21H29ClN2O3. The molecule has 0 aromatic heterocycles. The number of likely N-dealkylation sites (N-methyl/N-ethyl adjacent to an activating group) is 1. The predicted molar refractivity (Wildman–Crippen MR) is 106 cm³/mol. The zero-order valence-electron chi connectivity index (χ0n) is 16.0. The van der Waals surface area contributed by atoms with Crippen molar-refractivity contribution >= 4 is 24.3 Å². The Kier molecular flexibility index (Phi) is 6.11. The summed E-state index contributed by atoms with van der Waals surface area (Å²) in [6.45, 7) is 4.11. The van der Waals surface area contributed by atoms with Gasteiger partial charge in [-0.05, 0) is 57.7 Å². The van der Waals surface area contributed by atoms with Crippen LogP contribution in [0.2, 0.25) is 0 Å². The molecule has 0 N–H and O–H groups in total. The standard InChI is InChI=1S/C21H28N2O3.ClH/c1-22(14-15-23-12-4-5-13-23)19(24)16-8-10-21(11-9-16)18-7-3-2-6-17(18)20(25)26-21;/h2-3,6-7,16H,4-5,8-15H2,1H3;1H/t16-,21-;. The molecule has 1 saturated heterocycles. The molecule has 148 valence electrons. The number of carbonyl (C=O) groups excluding carboxylic acids is 2. The van der Waals surface area contributed by atoms with Crippen LogP contribution in [-0.4, -0.2) is 54.9 Å². The summed E-state index contributed by atoms with van der Waals surface area (Å²) in [5.41, 5.74) is 1.21. The topological polar surface area (TPSA) is 49.9 Å². The van der Waals surface area contributed by atoms with Crippen LogP contribution in [0.15, 0.2) is 24.3 Å². The lowest BCUT2D eigenvalue weighted by atomic mass is 9.74. The Hall–Kier alpha value is -1.59. The van der Waals surface area contributed by atoms with Gasteiger partial charge in [-0.15, -0.1) is 12.4 Å². The van der Waals surface area contributed by atoms with Gasteiger partial charge in [-0.25, -0.2) is 4.79 Å². The lowest BCUT2D eigenvalue weighted by Crippen LogP contribution is -2.41. The Balaban J connectivity index is 0.00000210. The van der Waals surface area contributed by atoms with Crippen LogP contribution >= 0.6 is 12.4 Å². The van der Waals surface area contributed by atoms with Crippen LogP contribution in [0.5, 0.6) is 0 Å². The highest BCUT2D eigenvalue weighted by Crippen LogP contribution is 2.48. The van der Waals surface area contributed by atoms with Gasteiger partial charge < -0.3 is 14.5 Å². The molecule has 0 unspecified atom stereocenters. The number of benzene rings is 1. The van der Waals surface area contributed by atoms with Crippen molar-refractivity contribution in [2.45, 2.75) is 44.1 Å². The second-order valence-electron chi connectivity index (χ2n) is 8.01. The maximum atomic E-state index is 12.8. The molecule has 1 saturated carbocycles. The summed E-state index contributed by atoms with van der Waals surface area (Å²) in [6, 6.07) is 7.69. The fraction of sp³-hybridized carbons (Fsp3) is 0.619. The third-order valence-electron chi connectivity index (χ3n) is 6.39. The van der Waals surface area contributed by atoms with Gasteiger partial charge in [0.2, 0.25) is 5.91 Å². The van der Waals surface area contributed by atoms with Crippen molar-refractivity contribution in [3.05, 3.63) is 35.4 Å². The monoisotopic (exact) mass is 392 g/mol. The van der Waals surface area contributed by atoms with Gasteiger partial charge in [-0.2, -0.15) is 0 Å². The predicted octanol–water partition coefficient (Wildman–Crippen LogP) is 3.22. The lowest BCUT2D eigenvalue weighted by molar-refractivity contribution is -0.137. The fourth-order valence-corrected chi connectivity index (χ4v) is 4.77. The molecule has 6 heteroatoms. The highest BCUT2D eigenvalue weighted by molar-refractivity contribution is 5.94. The molecule has 1 spiro atoms. The van der Waals surface area contributed by atoms with E-state index in [0.717, 1.165) is 44.3 Å². The molecule has 27 heavy (non-hydrogen) atoms. The largest absolute Gasteiger partial charge is 0.451 e. The minimum atomic E-state index is -0.501. The highest BCUT2D eigenvalue weighted by Gasteiger charge is 2.48. The van der Waals surface area contributed by atoms with Gasteiger partial charge in [0.15, 0.2) is 0 Å². The van der Waals surface area contributed by atoms with Gasteiger partial charge in [0.25, 0.3) is 0 Å². The number of hydrogen-bond donors (Lipinski definition) is 0. The van der Waals surface area contributed by atoms with Gasteiger partial charge in [0.05, 0.1) is 5.56 Å². The fourth-order valence-electron chi connectivity index (χ4n) is 4.77. The van der Waals surface area contributed by atoms with Gasteiger partial charge in [-0.1, -0.05) is 18.2 Å². The summed E-state index contributed by atoms with van der Waals surface area (Å²) < 4.78 is 5.79. The Labute approximate surface area is 167 Å². The first kappa shape index (κ1) is 20.2. The van der Waals surface area contributed by atoms with Crippen molar-refractivity contribution < 1.29 is 14.3 Å². The quantitative estimate of drug-likeness (QED) is 0.738. The average Bonchev–Trinajstić information content (AvgIpc) is 3.28. The molecule has 0 bridgehead atoms. The van der Waals surface area contributed by atoms with Gasteiger partial charge in [0, 0.05) is 31.6 Å². The smallest absolute Gasteiger partial charge is 0.339 e. The second kappa shape index (κ2) is 8.19. The third kappa shape index (κ3) is 3.85. The summed E-state index contributed by atoms with van der Waals surface area (Å²) in [5.74, 6) is 0.0837. The number of fused-ring (bicyclic) bond motifs is 2. The molecule has 5 nitrogen and oxygen atoms in total. The molecule has 1 aromatic rings. The Morgan fingerprint density at radius 3 is 2.59 bits per heavy atom. The molecule has 2 heterocycles. The van der Waals surface area contributed by atoms with Crippen LogP contribution in [0.4, 0.5) is 0 Å². The number of nitrogens with zero attached hydrogens (tertiary/aromatic N) is 2. The van der Waals surface area contributed by atoms with Crippen molar-refractivity contribution in [3.8, 4) is 0 Å². The number of rotatable bonds is 4. The summed E-state index contributed by atoms with van der Waals surface area (Å²) in [7, 11) is 1.92. The van der Waals surface area contributed by atoms with Gasteiger partial charge in [-0.3, -0.25) is 4.79 Å². The molecule has 1 aliphatic carbocycles. The summed E-state index contributed by atoms with van der Waals surface area (Å²) in [5, 5.41) is 0. The Bertz CT molecular complexity index is 694. The number of esters is 1. The summed E-state index contributed by atoms with van der Waals surface area (Å²) in [4.78, 5) is 29.3. The van der Waals surface area contributed by atoms with Gasteiger partial charge >= 0.3 is 5.97 Å². The first-order valence-electron chi connectivity index (χ1n) is 9.89. The van der Waals surface area contributed by atoms with Crippen LogP contribution in [0, 0.1) is 5.92 Å². The van der Waals surface area contributed by atoms with Crippen LogP contribution in [0.25, 0.3) is 0 Å². The van der Waals surface area contributed by atoms with Crippen LogP contribution in [0.1, 0.15) is 54.4 Å². The number of halogens is 1. The normalized spacial score (nSPS) is 27.1. The first-order chi connectivity index (χ1) is 12.6. The van der Waals surface area contributed by atoms with Crippen LogP contribution < -0.4 is 0 Å². The van der Waals surface area contributed by atoms with Crippen molar-refractivity contribution in [1.29, 1.82) is 0 Å². The van der Waals surface area contributed by atoms with E-state index in [0.29, 0.717) is 5.56 Å². The zero-order chi connectivity index (χ0) is 18.1. The summed E-state index contributed by atoms with van der Waals surface area (Å²) in [6.07, 6.45) is 5.62. The zero-order valence-corrected chi connectivity index (χ0v) is 16.8. The average molecular weight is 393 g/mol. The van der Waals surface area contributed by atoms with Gasteiger partial charge in [0.1, 0.15) is 5.60 Å². The molecule has 2 aliphatic heterocycles. The molecule has 3 aliphatic rings. The number of amides is 1. The lowest BCUT2D eigenvalue weighted by Gasteiger charge is -2.37. The number of likely N-dealkylation sites (tertiary alicyclic amines) is 1. The molecular weight excluding hydrogens is 364 g/mol. The van der Waals surface area contributed by atoms with E-state index in [1.165, 1.54) is 25.9 Å². The second-order valence-corrected chi connectivity index (χ2v) is 8.01. The minimum absolute atomic E-state index is 0. The van der Waals surface area contributed by atoms with E-state index in [1.54, 1.807) is 0 Å². The Morgan fingerprint density at radius 2 is 1.89 bits per heavy atom. The maximum Gasteiger partial charge on any atom is 0.339 e. The molecule has 1 aromatic carbocycles. The summed E-state index contributed by atoms with van der Waals surface area (Å²) >= 11 is 0. The van der Waals surface area contributed by atoms with Crippen molar-refractivity contribution in [3.63, 3.8) is 0 Å². The van der Waals surface area contributed by atoms with Crippen molar-refractivity contribution in [2.75, 3.05) is 33.2 Å². The van der Waals surface area contributed by atoms with E-state index in [4.69, 9.17) is 4.74 Å². The first-order valence-corrected chi connectivity index (χ1v) is 9.89. The van der Waals surface area contributed by atoms with Crippen molar-refractivity contribution in [2.24, 2.45) is 5.92 Å². The minimum Gasteiger partial charge on any atom is -0.451 e.